The third-order valence-electron chi connectivity index (χ3n) is 2.96. The van der Waals surface area contributed by atoms with Crippen LogP contribution in [0.15, 0.2) is 18.3 Å². The molecule has 1 aromatic heterocycles. The van der Waals surface area contributed by atoms with Crippen molar-refractivity contribution in [2.45, 2.75) is 46.7 Å². The molecule has 1 aromatic rings. The largest absolute Gasteiger partial charge is 0.360 e. The Labute approximate surface area is 112 Å². The Morgan fingerprint density at radius 2 is 1.94 bits per heavy atom. The van der Waals surface area contributed by atoms with Gasteiger partial charge in [-0.2, -0.15) is 0 Å². The molecule has 0 radical (unpaired) electrons. The highest BCUT2D eigenvalue weighted by atomic mass is 15.2. The summed E-state index contributed by atoms with van der Waals surface area (Å²) in [5, 5.41) is 3.40. The zero-order valence-electron chi connectivity index (χ0n) is 12.4. The average molecular weight is 249 g/mol. The maximum atomic E-state index is 4.52. The van der Waals surface area contributed by atoms with E-state index in [0.717, 1.165) is 24.8 Å². The molecule has 1 N–H and O–H groups in total. The van der Waals surface area contributed by atoms with Gasteiger partial charge in [0.15, 0.2) is 0 Å². The summed E-state index contributed by atoms with van der Waals surface area (Å²) < 4.78 is 0. The van der Waals surface area contributed by atoms with Crippen LogP contribution in [0, 0.1) is 5.92 Å². The summed E-state index contributed by atoms with van der Waals surface area (Å²) in [5.41, 5.74) is 1.24. The van der Waals surface area contributed by atoms with Gasteiger partial charge >= 0.3 is 0 Å². The number of anilines is 1. The maximum absolute atomic E-state index is 4.52. The number of aromatic nitrogens is 1. The monoisotopic (exact) mass is 249 g/mol. The molecule has 0 aliphatic rings. The summed E-state index contributed by atoms with van der Waals surface area (Å²) in [6.45, 7) is 10.8. The number of nitrogens with one attached hydrogen (secondary N) is 1. The fraction of sp³-hybridized carbons (Fsp3) is 0.667. The van der Waals surface area contributed by atoms with E-state index in [1.165, 1.54) is 12.0 Å². The van der Waals surface area contributed by atoms with Gasteiger partial charge in [0.1, 0.15) is 5.82 Å². The van der Waals surface area contributed by atoms with E-state index < -0.39 is 0 Å². The van der Waals surface area contributed by atoms with Crippen molar-refractivity contribution in [1.29, 1.82) is 0 Å². The highest BCUT2D eigenvalue weighted by Gasteiger charge is 2.04. The summed E-state index contributed by atoms with van der Waals surface area (Å²) in [7, 11) is 2.11. The van der Waals surface area contributed by atoms with Crippen LogP contribution in [-0.2, 0) is 6.54 Å². The highest BCUT2D eigenvalue weighted by molar-refractivity contribution is 5.38. The van der Waals surface area contributed by atoms with Gasteiger partial charge in [-0.3, -0.25) is 0 Å². The van der Waals surface area contributed by atoms with Gasteiger partial charge in [-0.1, -0.05) is 33.8 Å². The zero-order chi connectivity index (χ0) is 13.5. The number of rotatable bonds is 7. The predicted octanol–water partition coefficient (Wildman–Crippen LogP) is 3.06. The molecule has 0 spiro atoms. The molecule has 0 aliphatic heterocycles. The van der Waals surface area contributed by atoms with Gasteiger partial charge in [-0.15, -0.1) is 0 Å². The minimum absolute atomic E-state index is 0.512. The van der Waals surface area contributed by atoms with Gasteiger partial charge in [-0.05, 0) is 24.0 Å². The Hall–Kier alpha value is -1.09. The van der Waals surface area contributed by atoms with E-state index >= 15 is 0 Å². The summed E-state index contributed by atoms with van der Waals surface area (Å²) in [5.74, 6) is 1.80. The second kappa shape index (κ2) is 7.37. The van der Waals surface area contributed by atoms with Crippen LogP contribution in [0.2, 0.25) is 0 Å². The predicted molar refractivity (Wildman–Crippen MR) is 78.9 cm³/mol. The van der Waals surface area contributed by atoms with Crippen molar-refractivity contribution in [3.63, 3.8) is 0 Å². The molecule has 0 atom stereocenters. The first-order valence-electron chi connectivity index (χ1n) is 6.88. The zero-order valence-corrected chi connectivity index (χ0v) is 12.4. The molecule has 0 aromatic carbocycles. The van der Waals surface area contributed by atoms with Gasteiger partial charge in [0.2, 0.25) is 0 Å². The first-order chi connectivity index (χ1) is 8.49. The quantitative estimate of drug-likeness (QED) is 0.805. The van der Waals surface area contributed by atoms with E-state index in [2.05, 4.69) is 62.1 Å². The molecule has 0 aliphatic carbocycles. The molecular formula is C15H27N3. The van der Waals surface area contributed by atoms with E-state index in [9.17, 15) is 0 Å². The van der Waals surface area contributed by atoms with Crippen LogP contribution in [0.25, 0.3) is 0 Å². The molecule has 1 heterocycles. The molecule has 0 saturated heterocycles. The van der Waals surface area contributed by atoms with Crippen LogP contribution in [0.3, 0.4) is 0 Å². The highest BCUT2D eigenvalue weighted by Crippen LogP contribution is 2.11. The SMILES string of the molecule is CC(C)CCN(C)c1ccc(CNC(C)C)cn1. The first-order valence-corrected chi connectivity index (χ1v) is 6.88. The van der Waals surface area contributed by atoms with Crippen LogP contribution in [-0.4, -0.2) is 24.6 Å². The van der Waals surface area contributed by atoms with Gasteiger partial charge in [0.25, 0.3) is 0 Å². The molecule has 0 bridgehead atoms. The molecular weight excluding hydrogens is 222 g/mol. The van der Waals surface area contributed by atoms with Crippen molar-refractivity contribution in [3.05, 3.63) is 23.9 Å². The molecule has 1 rings (SSSR count). The number of hydrogen-bond acceptors (Lipinski definition) is 3. The maximum Gasteiger partial charge on any atom is 0.128 e. The molecule has 0 saturated carbocycles. The summed E-state index contributed by atoms with van der Waals surface area (Å²) in [4.78, 5) is 6.74. The molecule has 18 heavy (non-hydrogen) atoms. The Morgan fingerprint density at radius 1 is 1.22 bits per heavy atom. The fourth-order valence-electron chi connectivity index (χ4n) is 1.64. The van der Waals surface area contributed by atoms with E-state index in [0.29, 0.717) is 6.04 Å². The van der Waals surface area contributed by atoms with Crippen LogP contribution >= 0.6 is 0 Å². The van der Waals surface area contributed by atoms with Gasteiger partial charge in [0.05, 0.1) is 0 Å². The molecule has 3 nitrogen and oxygen atoms in total. The van der Waals surface area contributed by atoms with E-state index in [4.69, 9.17) is 0 Å². The minimum atomic E-state index is 0.512. The molecule has 102 valence electrons. The Morgan fingerprint density at radius 3 is 2.44 bits per heavy atom. The van der Waals surface area contributed by atoms with Crippen molar-refractivity contribution in [2.24, 2.45) is 5.92 Å². The van der Waals surface area contributed by atoms with Crippen molar-refractivity contribution in [3.8, 4) is 0 Å². The molecule has 0 amide bonds. The lowest BCUT2D eigenvalue weighted by atomic mass is 10.1. The number of pyridine rings is 1. The van der Waals surface area contributed by atoms with Crippen LogP contribution in [0.4, 0.5) is 5.82 Å². The fourth-order valence-corrected chi connectivity index (χ4v) is 1.64. The Kier molecular flexibility index (Phi) is 6.13. The van der Waals surface area contributed by atoms with E-state index in [1.807, 2.05) is 6.20 Å². The summed E-state index contributed by atoms with van der Waals surface area (Å²) in [6.07, 6.45) is 3.17. The van der Waals surface area contributed by atoms with Crippen LogP contribution < -0.4 is 10.2 Å². The molecule has 0 fully saturated rings. The second-order valence-corrected chi connectivity index (χ2v) is 5.66. The van der Waals surface area contributed by atoms with Gasteiger partial charge in [-0.25, -0.2) is 4.98 Å². The molecule has 0 unspecified atom stereocenters. The van der Waals surface area contributed by atoms with Crippen molar-refractivity contribution < 1.29 is 0 Å². The summed E-state index contributed by atoms with van der Waals surface area (Å²) >= 11 is 0. The number of hydrogen-bond donors (Lipinski definition) is 1. The third kappa shape index (κ3) is 5.50. The van der Waals surface area contributed by atoms with Crippen LogP contribution in [0.5, 0.6) is 0 Å². The van der Waals surface area contributed by atoms with E-state index in [-0.39, 0.29) is 0 Å². The van der Waals surface area contributed by atoms with Crippen molar-refractivity contribution in [1.82, 2.24) is 10.3 Å². The van der Waals surface area contributed by atoms with Crippen molar-refractivity contribution >= 4 is 5.82 Å². The lowest BCUT2D eigenvalue weighted by molar-refractivity contribution is 0.582. The Bertz CT molecular complexity index is 330. The number of nitrogens with zero attached hydrogens (tertiary/aromatic N) is 2. The molecule has 3 heteroatoms. The smallest absolute Gasteiger partial charge is 0.128 e. The first kappa shape index (κ1) is 15.0. The minimum Gasteiger partial charge on any atom is -0.360 e. The Balaban J connectivity index is 2.48. The lowest BCUT2D eigenvalue weighted by Gasteiger charge is -2.19. The second-order valence-electron chi connectivity index (χ2n) is 5.66. The lowest BCUT2D eigenvalue weighted by Crippen LogP contribution is -2.23. The van der Waals surface area contributed by atoms with Gasteiger partial charge in [0, 0.05) is 32.4 Å². The normalized spacial score (nSPS) is 11.3. The third-order valence-corrected chi connectivity index (χ3v) is 2.96. The van der Waals surface area contributed by atoms with Crippen molar-refractivity contribution in [2.75, 3.05) is 18.5 Å². The van der Waals surface area contributed by atoms with Gasteiger partial charge < -0.3 is 10.2 Å². The summed E-state index contributed by atoms with van der Waals surface area (Å²) in [6, 6.07) is 4.78. The standard InChI is InChI=1S/C15H27N3/c1-12(2)8-9-18(5)15-7-6-14(11-17-15)10-16-13(3)4/h6-7,11-13,16H,8-10H2,1-5H3. The topological polar surface area (TPSA) is 28.2 Å². The van der Waals surface area contributed by atoms with E-state index in [1.54, 1.807) is 0 Å². The van der Waals surface area contributed by atoms with Crippen LogP contribution in [0.1, 0.15) is 39.7 Å². The average Bonchev–Trinajstić information content (AvgIpc) is 2.34.